The van der Waals surface area contributed by atoms with Crippen molar-refractivity contribution in [2.45, 2.75) is 52.0 Å². The van der Waals surface area contributed by atoms with E-state index < -0.39 is 22.3 Å². The number of nitro groups is 1. The van der Waals surface area contributed by atoms with Gasteiger partial charge in [-0.05, 0) is 25.3 Å². The molecule has 1 aromatic carbocycles. The molecule has 0 unspecified atom stereocenters. The molecule has 0 saturated heterocycles. The monoisotopic (exact) mass is 322 g/mol. The Kier molecular flexibility index (Phi) is 6.24. The number of carbonyl (C=O) groups excluding carboxylic acids is 1. The third-order valence-electron chi connectivity index (χ3n) is 4.15. The molecule has 0 radical (unpaired) electrons. The van der Waals surface area contributed by atoms with E-state index >= 15 is 0 Å². The fourth-order valence-electron chi connectivity index (χ4n) is 2.50. The van der Waals surface area contributed by atoms with Crippen LogP contribution in [0.3, 0.4) is 0 Å². The van der Waals surface area contributed by atoms with E-state index in [2.05, 4.69) is 5.32 Å². The lowest BCUT2D eigenvalue weighted by Gasteiger charge is -2.31. The molecule has 0 atom stereocenters. The summed E-state index contributed by atoms with van der Waals surface area (Å²) in [6.45, 7) is 5.40. The van der Waals surface area contributed by atoms with Crippen molar-refractivity contribution in [3.8, 4) is 0 Å². The minimum atomic E-state index is -0.999. The molecule has 0 fully saturated rings. The number of nitrogens with zero attached hydrogens (tertiary/aromatic N) is 1. The van der Waals surface area contributed by atoms with Crippen LogP contribution in [0.5, 0.6) is 0 Å². The number of hydrogen-bond donors (Lipinski definition) is 2. The molecule has 1 aromatic rings. The van der Waals surface area contributed by atoms with Crippen molar-refractivity contribution in [1.29, 1.82) is 0 Å². The number of carboxylic acid groups (broad SMARTS) is 1. The first-order valence-electron chi connectivity index (χ1n) is 7.60. The Hall–Kier alpha value is -2.44. The van der Waals surface area contributed by atoms with Crippen molar-refractivity contribution in [3.05, 3.63) is 39.4 Å². The van der Waals surface area contributed by atoms with Crippen LogP contribution in [0.15, 0.2) is 18.2 Å². The number of carbonyl (C=O) groups is 2. The van der Waals surface area contributed by atoms with Crippen LogP contribution in [0, 0.1) is 10.1 Å². The Morgan fingerprint density at radius 2 is 1.87 bits per heavy atom. The van der Waals surface area contributed by atoms with Crippen molar-refractivity contribution in [3.63, 3.8) is 0 Å². The lowest BCUT2D eigenvalue weighted by atomic mass is 9.88. The molecule has 0 saturated carbocycles. The van der Waals surface area contributed by atoms with E-state index in [1.165, 1.54) is 12.1 Å². The molecule has 7 nitrogen and oxygen atoms in total. The minimum absolute atomic E-state index is 0.100. The second-order valence-electron chi connectivity index (χ2n) is 5.47. The zero-order valence-electron chi connectivity index (χ0n) is 13.6. The quantitative estimate of drug-likeness (QED) is 0.565. The Bertz CT molecular complexity index is 608. The summed E-state index contributed by atoms with van der Waals surface area (Å²) in [5, 5.41) is 22.9. The number of benzene rings is 1. The molecule has 1 amide bonds. The van der Waals surface area contributed by atoms with Gasteiger partial charge in [0, 0.05) is 17.2 Å². The van der Waals surface area contributed by atoms with Gasteiger partial charge < -0.3 is 10.4 Å². The zero-order chi connectivity index (χ0) is 17.6. The van der Waals surface area contributed by atoms with Crippen LogP contribution in [0.4, 0.5) is 5.69 Å². The maximum Gasteiger partial charge on any atom is 0.305 e. The largest absolute Gasteiger partial charge is 0.481 e. The fraction of sp³-hybridized carbons (Fsp3) is 0.500. The van der Waals surface area contributed by atoms with Gasteiger partial charge in [0.25, 0.3) is 11.6 Å². The van der Waals surface area contributed by atoms with Gasteiger partial charge in [0.05, 0.1) is 16.9 Å². The molecule has 0 heterocycles. The minimum Gasteiger partial charge on any atom is -0.481 e. The molecule has 0 aliphatic heterocycles. The smallest absolute Gasteiger partial charge is 0.305 e. The number of aliphatic carboxylic acids is 1. The highest BCUT2D eigenvalue weighted by Gasteiger charge is 2.31. The number of amides is 1. The van der Waals surface area contributed by atoms with Gasteiger partial charge in [-0.1, -0.05) is 26.8 Å². The first kappa shape index (κ1) is 18.6. The number of aryl methyl sites for hydroxylation is 1. The molecule has 0 bridgehead atoms. The van der Waals surface area contributed by atoms with Gasteiger partial charge in [0.1, 0.15) is 0 Å². The topological polar surface area (TPSA) is 110 Å². The number of nitrogens with one attached hydrogen (secondary N) is 1. The SMILES string of the molecule is CCc1ccc(C(=O)NC(CC)(CC)CC(=O)O)cc1[N+](=O)[O-]. The van der Waals surface area contributed by atoms with Crippen LogP contribution in [0.2, 0.25) is 0 Å². The third kappa shape index (κ3) is 4.51. The molecule has 0 aliphatic carbocycles. The van der Waals surface area contributed by atoms with Crippen LogP contribution >= 0.6 is 0 Å². The maximum atomic E-state index is 12.4. The molecular weight excluding hydrogens is 300 g/mol. The molecule has 23 heavy (non-hydrogen) atoms. The summed E-state index contributed by atoms with van der Waals surface area (Å²) in [4.78, 5) is 34.0. The number of rotatable bonds is 8. The lowest BCUT2D eigenvalue weighted by Crippen LogP contribution is -2.49. The Morgan fingerprint density at radius 3 is 2.30 bits per heavy atom. The average molecular weight is 322 g/mol. The normalized spacial score (nSPS) is 11.1. The summed E-state index contributed by atoms with van der Waals surface area (Å²) >= 11 is 0. The number of nitro benzene ring substituents is 1. The molecule has 0 aromatic heterocycles. The highest BCUT2D eigenvalue weighted by molar-refractivity contribution is 5.95. The van der Waals surface area contributed by atoms with Crippen molar-refractivity contribution in [2.24, 2.45) is 0 Å². The summed E-state index contributed by atoms with van der Waals surface area (Å²) in [5.41, 5.74) is -0.252. The van der Waals surface area contributed by atoms with Crippen LogP contribution in [-0.2, 0) is 11.2 Å². The third-order valence-corrected chi connectivity index (χ3v) is 4.15. The molecule has 7 heteroatoms. The van der Waals surface area contributed by atoms with Crippen molar-refractivity contribution >= 4 is 17.6 Å². The summed E-state index contributed by atoms with van der Waals surface area (Å²) in [6, 6.07) is 4.33. The second-order valence-corrected chi connectivity index (χ2v) is 5.47. The second kappa shape index (κ2) is 7.71. The van der Waals surface area contributed by atoms with E-state index in [1.54, 1.807) is 26.8 Å². The molecule has 0 spiro atoms. The van der Waals surface area contributed by atoms with E-state index in [9.17, 15) is 19.7 Å². The summed E-state index contributed by atoms with van der Waals surface area (Å²) < 4.78 is 0. The zero-order valence-corrected chi connectivity index (χ0v) is 13.6. The Morgan fingerprint density at radius 1 is 1.26 bits per heavy atom. The Labute approximate surface area is 134 Å². The molecule has 126 valence electrons. The van der Waals surface area contributed by atoms with E-state index in [-0.39, 0.29) is 17.7 Å². The van der Waals surface area contributed by atoms with Crippen molar-refractivity contribution in [1.82, 2.24) is 5.32 Å². The first-order chi connectivity index (χ1) is 10.8. The van der Waals surface area contributed by atoms with Crippen molar-refractivity contribution < 1.29 is 19.6 Å². The summed E-state index contributed by atoms with van der Waals surface area (Å²) in [7, 11) is 0. The average Bonchev–Trinajstić information content (AvgIpc) is 2.52. The first-order valence-corrected chi connectivity index (χ1v) is 7.60. The van der Waals surface area contributed by atoms with E-state index in [1.807, 2.05) is 0 Å². The lowest BCUT2D eigenvalue weighted by molar-refractivity contribution is -0.385. The van der Waals surface area contributed by atoms with Crippen LogP contribution in [0.25, 0.3) is 0 Å². The predicted octanol–water partition coefficient (Wildman–Crippen LogP) is 2.92. The summed E-state index contributed by atoms with van der Waals surface area (Å²) in [6.07, 6.45) is 1.21. The molecule has 2 N–H and O–H groups in total. The fourth-order valence-corrected chi connectivity index (χ4v) is 2.50. The van der Waals surface area contributed by atoms with Crippen LogP contribution in [-0.4, -0.2) is 27.4 Å². The number of hydrogen-bond acceptors (Lipinski definition) is 4. The van der Waals surface area contributed by atoms with Gasteiger partial charge in [-0.3, -0.25) is 19.7 Å². The highest BCUT2D eigenvalue weighted by atomic mass is 16.6. The van der Waals surface area contributed by atoms with E-state index in [0.717, 1.165) is 0 Å². The molecule has 1 rings (SSSR count). The summed E-state index contributed by atoms with van der Waals surface area (Å²) in [5.74, 6) is -1.50. The highest BCUT2D eigenvalue weighted by Crippen LogP contribution is 2.24. The van der Waals surface area contributed by atoms with E-state index in [0.29, 0.717) is 24.8 Å². The van der Waals surface area contributed by atoms with E-state index in [4.69, 9.17) is 5.11 Å². The Balaban J connectivity index is 3.11. The predicted molar refractivity (Wildman–Crippen MR) is 85.5 cm³/mol. The number of carboxylic acids is 1. The molecule has 0 aliphatic rings. The van der Waals surface area contributed by atoms with Crippen molar-refractivity contribution in [2.75, 3.05) is 0 Å². The van der Waals surface area contributed by atoms with Gasteiger partial charge in [-0.2, -0.15) is 0 Å². The van der Waals surface area contributed by atoms with Gasteiger partial charge in [0.2, 0.25) is 0 Å². The van der Waals surface area contributed by atoms with Gasteiger partial charge >= 0.3 is 5.97 Å². The van der Waals surface area contributed by atoms with Gasteiger partial charge in [-0.15, -0.1) is 0 Å². The van der Waals surface area contributed by atoms with Gasteiger partial charge in [0.15, 0.2) is 0 Å². The standard InChI is InChI=1S/C16H22N2O5/c1-4-11-7-8-12(9-13(11)18(22)23)15(21)17-16(5-2,6-3)10-14(19)20/h7-9H,4-6,10H2,1-3H3,(H,17,21)(H,19,20). The van der Waals surface area contributed by atoms with Crippen LogP contribution < -0.4 is 5.32 Å². The molecular formula is C16H22N2O5. The maximum absolute atomic E-state index is 12.4. The van der Waals surface area contributed by atoms with Gasteiger partial charge in [-0.25, -0.2) is 0 Å². The van der Waals surface area contributed by atoms with Crippen LogP contribution in [0.1, 0.15) is 56.0 Å².